The summed E-state index contributed by atoms with van der Waals surface area (Å²) in [6.45, 7) is 0. The first-order valence-corrected chi connectivity index (χ1v) is 5.64. The van der Waals surface area contributed by atoms with Gasteiger partial charge in [-0.3, -0.25) is 0 Å². The van der Waals surface area contributed by atoms with Crippen LogP contribution in [0.3, 0.4) is 0 Å². The van der Waals surface area contributed by atoms with Crippen molar-refractivity contribution in [2.24, 2.45) is 0 Å². The van der Waals surface area contributed by atoms with E-state index in [2.05, 4.69) is 22.6 Å². The second kappa shape index (κ2) is 3.13. The van der Waals surface area contributed by atoms with Crippen molar-refractivity contribution in [3.63, 3.8) is 0 Å². The number of benzene rings is 2. The highest BCUT2D eigenvalue weighted by Crippen LogP contribution is 2.35. The summed E-state index contributed by atoms with van der Waals surface area (Å²) in [6.07, 6.45) is 0. The van der Waals surface area contributed by atoms with E-state index >= 15 is 0 Å². The molecule has 0 unspecified atom stereocenters. The molecule has 2 nitrogen and oxygen atoms in total. The Bertz CT molecular complexity index is 655. The highest BCUT2D eigenvalue weighted by Gasteiger charge is 2.11. The Labute approximate surface area is 99.6 Å². The van der Waals surface area contributed by atoms with Gasteiger partial charge in [-0.1, -0.05) is 18.2 Å². The maximum absolute atomic E-state index is 9.65. The van der Waals surface area contributed by atoms with Crippen molar-refractivity contribution < 1.29 is 9.52 Å². The minimum atomic E-state index is 0.301. The van der Waals surface area contributed by atoms with Gasteiger partial charge < -0.3 is 9.52 Å². The second-order valence-corrected chi connectivity index (χ2v) is 4.45. The summed E-state index contributed by atoms with van der Waals surface area (Å²) < 4.78 is 6.51. The zero-order valence-corrected chi connectivity index (χ0v) is 9.86. The van der Waals surface area contributed by atoms with Gasteiger partial charge in [-0.2, -0.15) is 0 Å². The van der Waals surface area contributed by atoms with Crippen LogP contribution in [-0.2, 0) is 0 Å². The lowest BCUT2D eigenvalue weighted by Gasteiger charge is -1.96. The average molecular weight is 310 g/mol. The lowest BCUT2D eigenvalue weighted by Crippen LogP contribution is -1.75. The molecule has 0 aliphatic heterocycles. The molecule has 15 heavy (non-hydrogen) atoms. The fraction of sp³-hybridized carbons (Fsp3) is 0. The molecule has 0 saturated heterocycles. The summed E-state index contributed by atoms with van der Waals surface area (Å²) in [4.78, 5) is 0. The van der Waals surface area contributed by atoms with Gasteiger partial charge in [0.2, 0.25) is 0 Å². The third-order valence-corrected chi connectivity index (χ3v) is 3.55. The molecule has 74 valence electrons. The summed E-state index contributed by atoms with van der Waals surface area (Å²) in [6, 6.07) is 11.3. The lowest BCUT2D eigenvalue weighted by atomic mass is 10.1. The molecular formula is C12H7IO2. The molecule has 0 spiro atoms. The van der Waals surface area contributed by atoms with E-state index in [-0.39, 0.29) is 0 Å². The number of para-hydroxylation sites is 1. The number of furan rings is 1. The normalized spacial score (nSPS) is 11.3. The number of rotatable bonds is 0. The summed E-state index contributed by atoms with van der Waals surface area (Å²) in [7, 11) is 0. The molecule has 0 aliphatic rings. The summed E-state index contributed by atoms with van der Waals surface area (Å²) in [5, 5.41) is 11.7. The first-order valence-electron chi connectivity index (χ1n) is 4.56. The highest BCUT2D eigenvalue weighted by molar-refractivity contribution is 14.1. The van der Waals surface area contributed by atoms with E-state index in [1.54, 1.807) is 12.1 Å². The molecule has 0 atom stereocenters. The van der Waals surface area contributed by atoms with Crippen molar-refractivity contribution in [3.8, 4) is 5.75 Å². The van der Waals surface area contributed by atoms with Gasteiger partial charge in [-0.05, 0) is 40.8 Å². The van der Waals surface area contributed by atoms with E-state index in [1.165, 1.54) is 0 Å². The highest BCUT2D eigenvalue weighted by atomic mass is 127. The molecule has 1 aromatic heterocycles. The van der Waals surface area contributed by atoms with Crippen LogP contribution in [0.2, 0.25) is 0 Å². The molecule has 0 saturated carbocycles. The predicted octanol–water partition coefficient (Wildman–Crippen LogP) is 3.90. The van der Waals surface area contributed by atoms with E-state index in [1.807, 2.05) is 24.3 Å². The van der Waals surface area contributed by atoms with Gasteiger partial charge >= 0.3 is 0 Å². The molecule has 0 aliphatic carbocycles. The number of hydrogen-bond donors (Lipinski definition) is 1. The Morgan fingerprint density at radius 2 is 1.80 bits per heavy atom. The third kappa shape index (κ3) is 1.23. The second-order valence-electron chi connectivity index (χ2n) is 3.37. The molecule has 3 rings (SSSR count). The van der Waals surface area contributed by atoms with Crippen LogP contribution in [0.25, 0.3) is 21.9 Å². The number of fused-ring (bicyclic) bond motifs is 3. The molecule has 3 heteroatoms. The summed E-state index contributed by atoms with van der Waals surface area (Å²) in [5.74, 6) is 0.301. The quantitative estimate of drug-likeness (QED) is 0.639. The van der Waals surface area contributed by atoms with E-state index in [4.69, 9.17) is 4.42 Å². The van der Waals surface area contributed by atoms with Gasteiger partial charge in [0.25, 0.3) is 0 Å². The van der Waals surface area contributed by atoms with E-state index < -0.39 is 0 Å². The standard InChI is InChI=1S/C12H7IO2/c13-12-8(14)5-6-10-11(12)7-3-1-2-4-9(7)15-10/h1-6,14H. The lowest BCUT2D eigenvalue weighted by molar-refractivity contribution is 0.472. The Morgan fingerprint density at radius 1 is 1.00 bits per heavy atom. The molecule has 1 heterocycles. The Morgan fingerprint density at radius 3 is 2.67 bits per heavy atom. The van der Waals surface area contributed by atoms with Gasteiger partial charge in [0.1, 0.15) is 16.9 Å². The fourth-order valence-electron chi connectivity index (χ4n) is 1.76. The minimum absolute atomic E-state index is 0.301. The predicted molar refractivity (Wildman–Crippen MR) is 68.1 cm³/mol. The number of phenolic OH excluding ortho intramolecular Hbond substituents is 1. The van der Waals surface area contributed by atoms with Crippen LogP contribution in [0.15, 0.2) is 40.8 Å². The molecular weight excluding hydrogens is 303 g/mol. The number of phenols is 1. The summed E-state index contributed by atoms with van der Waals surface area (Å²) in [5.41, 5.74) is 1.68. The van der Waals surface area contributed by atoms with Crippen molar-refractivity contribution in [1.82, 2.24) is 0 Å². The molecule has 0 fully saturated rings. The third-order valence-electron chi connectivity index (χ3n) is 2.46. The van der Waals surface area contributed by atoms with Crippen molar-refractivity contribution in [2.75, 3.05) is 0 Å². The van der Waals surface area contributed by atoms with Crippen LogP contribution in [-0.4, -0.2) is 5.11 Å². The molecule has 0 bridgehead atoms. The first kappa shape index (κ1) is 9.03. The zero-order valence-electron chi connectivity index (χ0n) is 7.70. The maximum Gasteiger partial charge on any atom is 0.136 e. The van der Waals surface area contributed by atoms with Crippen LogP contribution >= 0.6 is 22.6 Å². The smallest absolute Gasteiger partial charge is 0.136 e. The Balaban J connectivity index is 2.63. The Kier molecular flexibility index (Phi) is 1.88. The molecule has 1 N–H and O–H groups in total. The first-order chi connectivity index (χ1) is 7.27. The van der Waals surface area contributed by atoms with E-state index in [9.17, 15) is 5.11 Å². The fourth-order valence-corrected chi connectivity index (χ4v) is 2.50. The zero-order chi connectivity index (χ0) is 10.4. The van der Waals surface area contributed by atoms with Crippen molar-refractivity contribution >= 4 is 44.5 Å². The van der Waals surface area contributed by atoms with Gasteiger partial charge in [0.15, 0.2) is 0 Å². The van der Waals surface area contributed by atoms with Gasteiger partial charge in [0, 0.05) is 10.8 Å². The van der Waals surface area contributed by atoms with Gasteiger partial charge in [-0.25, -0.2) is 0 Å². The average Bonchev–Trinajstić information content (AvgIpc) is 2.62. The molecule has 0 amide bonds. The van der Waals surface area contributed by atoms with Gasteiger partial charge in [0.05, 0.1) is 3.57 Å². The number of aromatic hydroxyl groups is 1. The molecule has 2 aromatic carbocycles. The van der Waals surface area contributed by atoms with Crippen molar-refractivity contribution in [2.45, 2.75) is 0 Å². The van der Waals surface area contributed by atoms with E-state index in [0.717, 1.165) is 25.5 Å². The van der Waals surface area contributed by atoms with Crippen LogP contribution in [0.4, 0.5) is 0 Å². The minimum Gasteiger partial charge on any atom is -0.507 e. The maximum atomic E-state index is 9.65. The van der Waals surface area contributed by atoms with Crippen LogP contribution in [0, 0.1) is 3.57 Å². The van der Waals surface area contributed by atoms with Crippen molar-refractivity contribution in [1.29, 1.82) is 0 Å². The number of halogens is 1. The van der Waals surface area contributed by atoms with Crippen LogP contribution < -0.4 is 0 Å². The Hall–Kier alpha value is -1.23. The molecule has 3 aromatic rings. The van der Waals surface area contributed by atoms with Crippen LogP contribution in [0.5, 0.6) is 5.75 Å². The van der Waals surface area contributed by atoms with Gasteiger partial charge in [-0.15, -0.1) is 0 Å². The van der Waals surface area contributed by atoms with Crippen molar-refractivity contribution in [3.05, 3.63) is 40.0 Å². The summed E-state index contributed by atoms with van der Waals surface area (Å²) >= 11 is 2.14. The largest absolute Gasteiger partial charge is 0.507 e. The van der Waals surface area contributed by atoms with E-state index in [0.29, 0.717) is 5.75 Å². The SMILES string of the molecule is Oc1ccc2oc3ccccc3c2c1I. The molecule has 0 radical (unpaired) electrons. The number of hydrogen-bond acceptors (Lipinski definition) is 2. The van der Waals surface area contributed by atoms with Crippen LogP contribution in [0.1, 0.15) is 0 Å². The monoisotopic (exact) mass is 310 g/mol. The topological polar surface area (TPSA) is 33.4 Å².